The molecule has 0 bridgehead atoms. The van der Waals surface area contributed by atoms with E-state index in [1.807, 2.05) is 0 Å². The number of amides is 2. The summed E-state index contributed by atoms with van der Waals surface area (Å²) in [6.07, 6.45) is 7.36. The number of halogens is 1. The smallest absolute Gasteiger partial charge is 0.244 e. The lowest BCUT2D eigenvalue weighted by Gasteiger charge is -2.25. The number of nitrogens with zero attached hydrogens (tertiary/aromatic N) is 1. The highest BCUT2D eigenvalue weighted by Gasteiger charge is 2.22. The van der Waals surface area contributed by atoms with Crippen LogP contribution >= 0.6 is 12.4 Å². The van der Waals surface area contributed by atoms with Crippen molar-refractivity contribution >= 4 is 24.2 Å². The largest absolute Gasteiger partial charge is 0.345 e. The van der Waals surface area contributed by atoms with Crippen molar-refractivity contribution in [1.29, 1.82) is 0 Å². The van der Waals surface area contributed by atoms with Crippen LogP contribution in [0.2, 0.25) is 0 Å². The molecule has 0 aromatic heterocycles. The second kappa shape index (κ2) is 11.7. The van der Waals surface area contributed by atoms with Gasteiger partial charge in [-0.2, -0.15) is 0 Å². The molecule has 0 aromatic carbocycles. The first-order valence-corrected chi connectivity index (χ1v) is 9.11. The fraction of sp³-hybridized carbons (Fsp3) is 0.889. The SMILES string of the molecule is CC(NC(=O)CC1CCCCC1)C(=O)N(C)CCC(N)C(C)C.Cl. The Morgan fingerprint density at radius 1 is 1.17 bits per heavy atom. The normalized spacial score (nSPS) is 17.8. The average Bonchev–Trinajstić information content (AvgIpc) is 2.51. The number of carbonyl (C=O) groups is 2. The van der Waals surface area contributed by atoms with E-state index in [4.69, 9.17) is 5.73 Å². The van der Waals surface area contributed by atoms with Gasteiger partial charge in [-0.05, 0) is 38.0 Å². The van der Waals surface area contributed by atoms with Crippen molar-refractivity contribution in [2.45, 2.75) is 77.8 Å². The molecule has 2 atom stereocenters. The predicted molar refractivity (Wildman–Crippen MR) is 101 cm³/mol. The van der Waals surface area contributed by atoms with Gasteiger partial charge in [0.05, 0.1) is 0 Å². The molecule has 0 saturated heterocycles. The first-order chi connectivity index (χ1) is 10.8. The zero-order valence-corrected chi connectivity index (χ0v) is 16.5. The predicted octanol–water partition coefficient (Wildman–Crippen LogP) is 2.72. The van der Waals surface area contributed by atoms with Gasteiger partial charge in [-0.3, -0.25) is 9.59 Å². The molecule has 3 N–H and O–H groups in total. The molecule has 0 aliphatic heterocycles. The number of nitrogens with two attached hydrogens (primary N) is 1. The van der Waals surface area contributed by atoms with Crippen molar-refractivity contribution < 1.29 is 9.59 Å². The van der Waals surface area contributed by atoms with Gasteiger partial charge >= 0.3 is 0 Å². The van der Waals surface area contributed by atoms with Crippen LogP contribution in [0.15, 0.2) is 0 Å². The monoisotopic (exact) mass is 361 g/mol. The van der Waals surface area contributed by atoms with E-state index in [1.54, 1.807) is 18.9 Å². The number of rotatable bonds is 8. The maximum atomic E-state index is 12.3. The van der Waals surface area contributed by atoms with Crippen LogP contribution in [0.25, 0.3) is 0 Å². The van der Waals surface area contributed by atoms with Gasteiger partial charge in [-0.15, -0.1) is 12.4 Å². The van der Waals surface area contributed by atoms with Gasteiger partial charge in [-0.25, -0.2) is 0 Å². The van der Waals surface area contributed by atoms with E-state index in [0.29, 0.717) is 24.8 Å². The summed E-state index contributed by atoms with van der Waals surface area (Å²) in [5.74, 6) is 0.863. The van der Waals surface area contributed by atoms with Crippen LogP contribution in [0.5, 0.6) is 0 Å². The number of nitrogens with one attached hydrogen (secondary N) is 1. The van der Waals surface area contributed by atoms with E-state index in [9.17, 15) is 9.59 Å². The van der Waals surface area contributed by atoms with Crippen LogP contribution in [-0.2, 0) is 9.59 Å². The van der Waals surface area contributed by atoms with Crippen LogP contribution < -0.4 is 11.1 Å². The van der Waals surface area contributed by atoms with E-state index in [-0.39, 0.29) is 30.3 Å². The van der Waals surface area contributed by atoms with Gasteiger partial charge in [0.25, 0.3) is 0 Å². The maximum Gasteiger partial charge on any atom is 0.244 e. The summed E-state index contributed by atoms with van der Waals surface area (Å²) in [4.78, 5) is 26.1. The third-order valence-corrected chi connectivity index (χ3v) is 4.98. The van der Waals surface area contributed by atoms with Gasteiger partial charge in [0.1, 0.15) is 6.04 Å². The van der Waals surface area contributed by atoms with Gasteiger partial charge in [0.2, 0.25) is 11.8 Å². The Hall–Kier alpha value is -0.810. The third kappa shape index (κ3) is 8.34. The summed E-state index contributed by atoms with van der Waals surface area (Å²) in [6.45, 7) is 6.56. The highest BCUT2D eigenvalue weighted by atomic mass is 35.5. The Morgan fingerprint density at radius 3 is 2.29 bits per heavy atom. The number of hydrogen-bond donors (Lipinski definition) is 2. The molecule has 1 saturated carbocycles. The Labute approximate surface area is 153 Å². The molecule has 1 aliphatic rings. The van der Waals surface area contributed by atoms with E-state index in [2.05, 4.69) is 19.2 Å². The molecule has 6 heteroatoms. The van der Waals surface area contributed by atoms with Crippen molar-refractivity contribution in [3.63, 3.8) is 0 Å². The molecular formula is C18H36ClN3O2. The second-order valence-electron chi connectivity index (χ2n) is 7.45. The zero-order valence-electron chi connectivity index (χ0n) is 15.7. The first kappa shape index (κ1) is 23.2. The average molecular weight is 362 g/mol. The molecule has 142 valence electrons. The lowest BCUT2D eigenvalue weighted by molar-refractivity contribution is -0.135. The lowest BCUT2D eigenvalue weighted by Crippen LogP contribution is -2.47. The molecule has 0 aromatic rings. The fourth-order valence-electron chi connectivity index (χ4n) is 3.13. The molecule has 24 heavy (non-hydrogen) atoms. The summed E-state index contributed by atoms with van der Waals surface area (Å²) in [5.41, 5.74) is 6.02. The van der Waals surface area contributed by atoms with E-state index < -0.39 is 6.04 Å². The molecule has 5 nitrogen and oxygen atoms in total. The first-order valence-electron chi connectivity index (χ1n) is 9.11. The number of likely N-dealkylation sites (N-methyl/N-ethyl adjacent to an activating group) is 1. The van der Waals surface area contributed by atoms with Crippen LogP contribution in [0.1, 0.15) is 65.7 Å². The molecule has 2 unspecified atom stereocenters. The van der Waals surface area contributed by atoms with E-state index >= 15 is 0 Å². The molecule has 1 aliphatic carbocycles. The number of hydrogen-bond acceptors (Lipinski definition) is 3. The maximum absolute atomic E-state index is 12.3. The second-order valence-corrected chi connectivity index (χ2v) is 7.45. The van der Waals surface area contributed by atoms with Crippen molar-refractivity contribution in [3.8, 4) is 0 Å². The summed E-state index contributed by atoms with van der Waals surface area (Å²) in [6, 6.07) is -0.368. The number of carbonyl (C=O) groups excluding carboxylic acids is 2. The van der Waals surface area contributed by atoms with E-state index in [1.165, 1.54) is 19.3 Å². The van der Waals surface area contributed by atoms with Crippen molar-refractivity contribution in [2.75, 3.05) is 13.6 Å². The summed E-state index contributed by atoms with van der Waals surface area (Å²) in [7, 11) is 1.78. The quantitative estimate of drug-likeness (QED) is 0.697. The molecule has 2 amide bonds. The molecule has 0 spiro atoms. The molecule has 0 radical (unpaired) electrons. The zero-order chi connectivity index (χ0) is 17.4. The highest BCUT2D eigenvalue weighted by Crippen LogP contribution is 2.26. The molecule has 1 fully saturated rings. The Balaban J connectivity index is 0.00000529. The standard InChI is InChI=1S/C18H35N3O2.ClH/c1-13(2)16(19)10-11-21(4)18(23)14(3)20-17(22)12-15-8-6-5-7-9-15;/h13-16H,5-12,19H2,1-4H3,(H,20,22);1H. The van der Waals surface area contributed by atoms with E-state index in [0.717, 1.165) is 19.3 Å². The van der Waals surface area contributed by atoms with Crippen LogP contribution in [0.4, 0.5) is 0 Å². The minimum absolute atomic E-state index is 0. The third-order valence-electron chi connectivity index (χ3n) is 4.98. The molecular weight excluding hydrogens is 326 g/mol. The fourth-order valence-corrected chi connectivity index (χ4v) is 3.13. The van der Waals surface area contributed by atoms with Crippen molar-refractivity contribution in [2.24, 2.45) is 17.6 Å². The molecule has 1 rings (SSSR count). The van der Waals surface area contributed by atoms with Gasteiger partial charge in [-0.1, -0.05) is 33.1 Å². The highest BCUT2D eigenvalue weighted by molar-refractivity contribution is 5.87. The van der Waals surface area contributed by atoms with Crippen molar-refractivity contribution in [3.05, 3.63) is 0 Å². The lowest BCUT2D eigenvalue weighted by atomic mass is 9.87. The van der Waals surface area contributed by atoms with Gasteiger partial charge in [0, 0.05) is 26.1 Å². The van der Waals surface area contributed by atoms with Crippen LogP contribution in [0, 0.1) is 11.8 Å². The summed E-state index contributed by atoms with van der Waals surface area (Å²) in [5, 5.41) is 2.86. The Bertz CT molecular complexity index is 384. The van der Waals surface area contributed by atoms with Crippen LogP contribution in [-0.4, -0.2) is 42.4 Å². The topological polar surface area (TPSA) is 75.4 Å². The minimum Gasteiger partial charge on any atom is -0.345 e. The Kier molecular flexibility index (Phi) is 11.3. The Morgan fingerprint density at radius 2 is 1.75 bits per heavy atom. The summed E-state index contributed by atoms with van der Waals surface area (Å²) >= 11 is 0. The van der Waals surface area contributed by atoms with Crippen LogP contribution in [0.3, 0.4) is 0 Å². The minimum atomic E-state index is -0.466. The van der Waals surface area contributed by atoms with Gasteiger partial charge in [0.15, 0.2) is 0 Å². The molecule has 0 heterocycles. The van der Waals surface area contributed by atoms with Gasteiger partial charge < -0.3 is 16.0 Å². The van der Waals surface area contributed by atoms with Crippen molar-refractivity contribution in [1.82, 2.24) is 10.2 Å². The summed E-state index contributed by atoms with van der Waals surface area (Å²) < 4.78 is 0.